The quantitative estimate of drug-likeness (QED) is 0.752. The Bertz CT molecular complexity index is 779. The highest BCUT2D eigenvalue weighted by atomic mass is 16.2. The summed E-state index contributed by atoms with van der Waals surface area (Å²) < 4.78 is 0. The maximum Gasteiger partial charge on any atom is 0.255 e. The molecule has 2 aromatic rings. The third kappa shape index (κ3) is 2.72. The second-order valence-corrected chi connectivity index (χ2v) is 7.37. The van der Waals surface area contributed by atoms with Gasteiger partial charge in [-0.3, -0.25) is 9.59 Å². The smallest absolute Gasteiger partial charge is 0.255 e. The summed E-state index contributed by atoms with van der Waals surface area (Å²) in [5, 5.41) is 1.83. The monoisotopic (exact) mass is 323 g/mol. The zero-order chi connectivity index (χ0) is 17.3. The molecule has 1 heterocycles. The molecule has 1 aliphatic heterocycles. The fourth-order valence-electron chi connectivity index (χ4n) is 3.75. The Labute approximate surface area is 143 Å². The SMILES string of the molecule is CC1CCCCN(C(=O)c2ccc3ccccc3c2C=O)C1(C)C. The van der Waals surface area contributed by atoms with Gasteiger partial charge in [0.2, 0.25) is 0 Å². The van der Waals surface area contributed by atoms with Crippen molar-refractivity contribution in [3.05, 3.63) is 47.5 Å². The van der Waals surface area contributed by atoms with Crippen LogP contribution in [0.1, 0.15) is 60.7 Å². The van der Waals surface area contributed by atoms with E-state index in [9.17, 15) is 9.59 Å². The number of likely N-dealkylation sites (tertiary alicyclic amines) is 1. The molecular formula is C21H25NO2. The van der Waals surface area contributed by atoms with Gasteiger partial charge in [0, 0.05) is 17.6 Å². The number of fused-ring (bicyclic) bond motifs is 1. The first-order chi connectivity index (χ1) is 11.5. The van der Waals surface area contributed by atoms with Crippen LogP contribution in [0.5, 0.6) is 0 Å². The van der Waals surface area contributed by atoms with Gasteiger partial charge in [0.05, 0.1) is 5.56 Å². The lowest BCUT2D eigenvalue weighted by atomic mass is 9.84. The Morgan fingerprint density at radius 3 is 2.67 bits per heavy atom. The minimum atomic E-state index is -0.209. The summed E-state index contributed by atoms with van der Waals surface area (Å²) in [6.07, 6.45) is 4.12. The van der Waals surface area contributed by atoms with Crippen molar-refractivity contribution in [3.63, 3.8) is 0 Å². The molecule has 0 saturated carbocycles. The van der Waals surface area contributed by atoms with Crippen LogP contribution in [-0.2, 0) is 0 Å². The van der Waals surface area contributed by atoms with Gasteiger partial charge in [-0.1, -0.05) is 43.7 Å². The van der Waals surface area contributed by atoms with Crippen molar-refractivity contribution in [3.8, 4) is 0 Å². The number of aldehydes is 1. The van der Waals surface area contributed by atoms with Gasteiger partial charge in [0.15, 0.2) is 6.29 Å². The van der Waals surface area contributed by atoms with E-state index < -0.39 is 0 Å². The van der Waals surface area contributed by atoms with Gasteiger partial charge < -0.3 is 4.90 Å². The maximum atomic E-state index is 13.3. The molecular weight excluding hydrogens is 298 g/mol. The topological polar surface area (TPSA) is 37.4 Å². The first-order valence-corrected chi connectivity index (χ1v) is 8.75. The van der Waals surface area contributed by atoms with E-state index >= 15 is 0 Å². The summed E-state index contributed by atoms with van der Waals surface area (Å²) in [5.41, 5.74) is 0.816. The third-order valence-corrected chi connectivity index (χ3v) is 5.73. The van der Waals surface area contributed by atoms with Crippen LogP contribution in [0, 0.1) is 5.92 Å². The van der Waals surface area contributed by atoms with Crippen LogP contribution in [0.2, 0.25) is 0 Å². The van der Waals surface area contributed by atoms with Gasteiger partial charge in [-0.25, -0.2) is 0 Å². The third-order valence-electron chi connectivity index (χ3n) is 5.73. The highest BCUT2D eigenvalue weighted by molar-refractivity contribution is 6.10. The lowest BCUT2D eigenvalue weighted by Crippen LogP contribution is -2.51. The first-order valence-electron chi connectivity index (χ1n) is 8.75. The summed E-state index contributed by atoms with van der Waals surface area (Å²) in [7, 11) is 0. The number of hydrogen-bond acceptors (Lipinski definition) is 2. The number of carbonyl (C=O) groups excluding carboxylic acids is 2. The second-order valence-electron chi connectivity index (χ2n) is 7.37. The standard InChI is InChI=1S/C21H25NO2/c1-15-8-6-7-13-22(21(15,2)3)20(24)18-12-11-16-9-4-5-10-17(16)19(18)14-23/h4-5,9-12,14-15H,6-8,13H2,1-3H3. The van der Waals surface area contributed by atoms with Crippen LogP contribution < -0.4 is 0 Å². The largest absolute Gasteiger partial charge is 0.333 e. The lowest BCUT2D eigenvalue weighted by Gasteiger charge is -2.41. The summed E-state index contributed by atoms with van der Waals surface area (Å²) in [6.45, 7) is 7.25. The van der Waals surface area contributed by atoms with Gasteiger partial charge >= 0.3 is 0 Å². The van der Waals surface area contributed by atoms with Crippen LogP contribution in [-0.4, -0.2) is 29.2 Å². The molecule has 24 heavy (non-hydrogen) atoms. The van der Waals surface area contributed by atoms with E-state index in [4.69, 9.17) is 0 Å². The first kappa shape index (κ1) is 16.7. The van der Waals surface area contributed by atoms with Gasteiger partial charge in [0.25, 0.3) is 5.91 Å². The van der Waals surface area contributed by atoms with Crippen LogP contribution >= 0.6 is 0 Å². The van der Waals surface area contributed by atoms with Crippen LogP contribution in [0.4, 0.5) is 0 Å². The highest BCUT2D eigenvalue weighted by Crippen LogP contribution is 2.34. The Balaban J connectivity index is 2.09. The van der Waals surface area contributed by atoms with Gasteiger partial charge in [-0.15, -0.1) is 0 Å². The van der Waals surface area contributed by atoms with E-state index in [1.54, 1.807) is 6.07 Å². The van der Waals surface area contributed by atoms with Crippen molar-refractivity contribution in [2.24, 2.45) is 5.92 Å². The molecule has 1 saturated heterocycles. The Hall–Kier alpha value is -2.16. The molecule has 3 nitrogen and oxygen atoms in total. The van der Waals surface area contributed by atoms with E-state index in [1.165, 1.54) is 0 Å². The maximum absolute atomic E-state index is 13.3. The second kappa shape index (κ2) is 6.39. The molecule has 1 atom stereocenters. The molecule has 0 aliphatic carbocycles. The minimum Gasteiger partial charge on any atom is -0.333 e. The molecule has 126 valence electrons. The molecule has 1 unspecified atom stereocenters. The molecule has 0 N–H and O–H groups in total. The fourth-order valence-corrected chi connectivity index (χ4v) is 3.75. The van der Waals surface area contributed by atoms with E-state index in [1.807, 2.05) is 35.2 Å². The van der Waals surface area contributed by atoms with Crippen molar-refractivity contribution >= 4 is 23.0 Å². The number of amides is 1. The van der Waals surface area contributed by atoms with Crippen molar-refractivity contribution in [2.45, 2.75) is 45.6 Å². The number of carbonyl (C=O) groups is 2. The zero-order valence-corrected chi connectivity index (χ0v) is 14.7. The number of benzene rings is 2. The minimum absolute atomic E-state index is 0.0263. The molecule has 0 aromatic heterocycles. The van der Waals surface area contributed by atoms with Crippen molar-refractivity contribution in [1.82, 2.24) is 4.90 Å². The van der Waals surface area contributed by atoms with E-state index in [0.29, 0.717) is 17.0 Å². The predicted molar refractivity (Wildman–Crippen MR) is 97.5 cm³/mol. The van der Waals surface area contributed by atoms with Crippen LogP contribution in [0.25, 0.3) is 10.8 Å². The Morgan fingerprint density at radius 2 is 1.92 bits per heavy atom. The number of nitrogens with zero attached hydrogens (tertiary/aromatic N) is 1. The molecule has 1 aliphatic rings. The predicted octanol–water partition coefficient (Wildman–Crippen LogP) is 4.69. The molecule has 0 spiro atoms. The summed E-state index contributed by atoms with van der Waals surface area (Å²) >= 11 is 0. The van der Waals surface area contributed by atoms with E-state index in [-0.39, 0.29) is 11.4 Å². The summed E-state index contributed by atoms with van der Waals surface area (Å²) in [5.74, 6) is 0.408. The Kier molecular flexibility index (Phi) is 4.44. The average Bonchev–Trinajstić information content (AvgIpc) is 2.71. The molecule has 0 bridgehead atoms. The fraction of sp³-hybridized carbons (Fsp3) is 0.429. The highest BCUT2D eigenvalue weighted by Gasteiger charge is 2.38. The lowest BCUT2D eigenvalue weighted by molar-refractivity contribution is 0.0451. The number of rotatable bonds is 2. The van der Waals surface area contributed by atoms with Gasteiger partial charge in [0.1, 0.15) is 0 Å². The Morgan fingerprint density at radius 1 is 1.17 bits per heavy atom. The summed E-state index contributed by atoms with van der Waals surface area (Å²) in [4.78, 5) is 27.0. The van der Waals surface area contributed by atoms with Gasteiger partial charge in [-0.05, 0) is 49.4 Å². The molecule has 2 aromatic carbocycles. The average molecular weight is 323 g/mol. The van der Waals surface area contributed by atoms with Crippen molar-refractivity contribution in [1.29, 1.82) is 0 Å². The zero-order valence-electron chi connectivity index (χ0n) is 14.7. The summed E-state index contributed by atoms with van der Waals surface area (Å²) in [6, 6.07) is 11.5. The molecule has 1 fully saturated rings. The molecule has 0 radical (unpaired) electrons. The van der Waals surface area contributed by atoms with Crippen molar-refractivity contribution < 1.29 is 9.59 Å². The van der Waals surface area contributed by atoms with E-state index in [2.05, 4.69) is 20.8 Å². The van der Waals surface area contributed by atoms with Crippen molar-refractivity contribution in [2.75, 3.05) is 6.54 Å². The van der Waals surface area contributed by atoms with Gasteiger partial charge in [-0.2, -0.15) is 0 Å². The number of hydrogen-bond donors (Lipinski definition) is 0. The molecule has 1 amide bonds. The van der Waals surface area contributed by atoms with E-state index in [0.717, 1.165) is 42.9 Å². The van der Waals surface area contributed by atoms with Crippen LogP contribution in [0.15, 0.2) is 36.4 Å². The van der Waals surface area contributed by atoms with Crippen LogP contribution in [0.3, 0.4) is 0 Å². The molecule has 3 rings (SSSR count). The normalized spacial score (nSPS) is 20.6. The molecule has 3 heteroatoms.